The molecule has 0 aliphatic heterocycles. The second-order valence-electron chi connectivity index (χ2n) is 4.19. The van der Waals surface area contributed by atoms with Gasteiger partial charge in [-0.25, -0.2) is 0 Å². The molecule has 0 spiro atoms. The fraction of sp³-hybridized carbons (Fsp3) is 0.462. The van der Waals surface area contributed by atoms with Gasteiger partial charge in [-0.3, -0.25) is 9.00 Å². The number of Topliss-reactive ketones (excluding diaryl/α,β-unsaturated/α-hetero) is 1. The van der Waals surface area contributed by atoms with Gasteiger partial charge in [-0.15, -0.1) is 0 Å². The van der Waals surface area contributed by atoms with Crippen LogP contribution in [-0.2, 0) is 10.8 Å². The topological polar surface area (TPSA) is 34.1 Å². The quantitative estimate of drug-likeness (QED) is 0.753. The van der Waals surface area contributed by atoms with E-state index in [9.17, 15) is 9.00 Å². The molecule has 0 saturated heterocycles. The van der Waals surface area contributed by atoms with E-state index >= 15 is 0 Å². The van der Waals surface area contributed by atoms with Gasteiger partial charge in [0.25, 0.3) is 0 Å². The molecule has 0 fully saturated rings. The van der Waals surface area contributed by atoms with Gasteiger partial charge in [-0.1, -0.05) is 48.3 Å². The van der Waals surface area contributed by atoms with E-state index in [1.807, 2.05) is 12.1 Å². The number of rotatable bonds is 6. The predicted octanol–water partition coefficient (Wildman–Crippen LogP) is 3.43. The van der Waals surface area contributed by atoms with Crippen molar-refractivity contribution in [3.05, 3.63) is 34.3 Å². The molecule has 1 aromatic carbocycles. The first-order valence-electron chi connectivity index (χ1n) is 5.66. The maximum Gasteiger partial charge on any atom is 0.175 e. The molecule has 0 bridgehead atoms. The summed E-state index contributed by atoms with van der Waals surface area (Å²) in [6.45, 7) is 4.13. The minimum atomic E-state index is -1.05. The van der Waals surface area contributed by atoms with Gasteiger partial charge in [0.15, 0.2) is 5.78 Å². The number of hydrogen-bond acceptors (Lipinski definition) is 2. The standard InChI is InChI=1S/C13H17BrO2S/c1-3-10(2)8-17(16)9-13(15)11-4-6-12(14)7-5-11/h4-7,10H,3,8-9H2,1-2H3. The van der Waals surface area contributed by atoms with Gasteiger partial charge < -0.3 is 0 Å². The van der Waals surface area contributed by atoms with Crippen LogP contribution in [0.1, 0.15) is 30.6 Å². The first-order chi connectivity index (χ1) is 8.02. The van der Waals surface area contributed by atoms with Crippen LogP contribution in [0, 0.1) is 5.92 Å². The molecule has 17 heavy (non-hydrogen) atoms. The Balaban J connectivity index is 2.54. The van der Waals surface area contributed by atoms with Gasteiger partial charge in [0.1, 0.15) is 0 Å². The van der Waals surface area contributed by atoms with Gasteiger partial charge >= 0.3 is 0 Å². The Hall–Kier alpha value is -0.480. The fourth-order valence-corrected chi connectivity index (χ4v) is 3.07. The van der Waals surface area contributed by atoms with Gasteiger partial charge in [-0.2, -0.15) is 0 Å². The summed E-state index contributed by atoms with van der Waals surface area (Å²) >= 11 is 3.32. The van der Waals surface area contributed by atoms with Crippen molar-refractivity contribution in [2.75, 3.05) is 11.5 Å². The number of ketones is 1. The van der Waals surface area contributed by atoms with Crippen LogP contribution in [0.2, 0.25) is 0 Å². The van der Waals surface area contributed by atoms with E-state index in [-0.39, 0.29) is 11.5 Å². The summed E-state index contributed by atoms with van der Waals surface area (Å²) < 4.78 is 12.7. The summed E-state index contributed by atoms with van der Waals surface area (Å²) in [7, 11) is -1.05. The van der Waals surface area contributed by atoms with Gasteiger partial charge in [0.2, 0.25) is 0 Å². The van der Waals surface area contributed by atoms with Crippen LogP contribution in [0.3, 0.4) is 0 Å². The summed E-state index contributed by atoms with van der Waals surface area (Å²) in [4.78, 5) is 11.8. The van der Waals surface area contributed by atoms with Crippen molar-refractivity contribution >= 4 is 32.5 Å². The van der Waals surface area contributed by atoms with Crippen molar-refractivity contribution in [1.82, 2.24) is 0 Å². The molecule has 2 atom stereocenters. The zero-order valence-electron chi connectivity index (χ0n) is 10.1. The van der Waals surface area contributed by atoms with Crippen molar-refractivity contribution in [2.45, 2.75) is 20.3 Å². The maximum atomic E-state index is 11.8. The van der Waals surface area contributed by atoms with Crippen LogP contribution in [-0.4, -0.2) is 21.5 Å². The minimum absolute atomic E-state index is 0.0425. The van der Waals surface area contributed by atoms with E-state index in [1.54, 1.807) is 12.1 Å². The number of hydrogen-bond donors (Lipinski definition) is 0. The number of halogens is 1. The lowest BCUT2D eigenvalue weighted by molar-refractivity contribution is 0.102. The highest BCUT2D eigenvalue weighted by Crippen LogP contribution is 2.12. The largest absolute Gasteiger partial charge is 0.293 e. The first kappa shape index (κ1) is 14.6. The summed E-state index contributed by atoms with van der Waals surface area (Å²) in [6.07, 6.45) is 0.998. The highest BCUT2D eigenvalue weighted by Gasteiger charge is 2.12. The SMILES string of the molecule is CCC(C)CS(=O)CC(=O)c1ccc(Br)cc1. The van der Waals surface area contributed by atoms with Crippen LogP contribution >= 0.6 is 15.9 Å². The normalized spacial score (nSPS) is 14.3. The summed E-state index contributed by atoms with van der Waals surface area (Å²) in [5.74, 6) is 1.11. The molecule has 0 amide bonds. The molecule has 4 heteroatoms. The lowest BCUT2D eigenvalue weighted by Gasteiger charge is -2.07. The van der Waals surface area contributed by atoms with Crippen LogP contribution < -0.4 is 0 Å². The van der Waals surface area contributed by atoms with Gasteiger partial charge in [0.05, 0.1) is 5.75 Å². The molecule has 2 unspecified atom stereocenters. The monoisotopic (exact) mass is 316 g/mol. The molecule has 2 nitrogen and oxygen atoms in total. The Morgan fingerprint density at radius 1 is 1.35 bits per heavy atom. The van der Waals surface area contributed by atoms with Crippen molar-refractivity contribution in [1.29, 1.82) is 0 Å². The van der Waals surface area contributed by atoms with Crippen molar-refractivity contribution in [2.24, 2.45) is 5.92 Å². The minimum Gasteiger partial charge on any atom is -0.293 e. The Kier molecular flexibility index (Phi) is 6.06. The third-order valence-electron chi connectivity index (χ3n) is 2.63. The van der Waals surface area contributed by atoms with Crippen molar-refractivity contribution < 1.29 is 9.00 Å². The van der Waals surface area contributed by atoms with Crippen LogP contribution in [0.15, 0.2) is 28.7 Å². The average Bonchev–Trinajstić information content (AvgIpc) is 2.29. The van der Waals surface area contributed by atoms with Crippen molar-refractivity contribution in [3.8, 4) is 0 Å². The van der Waals surface area contributed by atoms with Crippen LogP contribution in [0.4, 0.5) is 0 Å². The summed E-state index contributed by atoms with van der Waals surface area (Å²) in [5, 5.41) is 0. The van der Waals surface area contributed by atoms with Crippen LogP contribution in [0.5, 0.6) is 0 Å². The first-order valence-corrected chi connectivity index (χ1v) is 7.94. The molecular weight excluding hydrogens is 300 g/mol. The third kappa shape index (κ3) is 5.13. The molecule has 0 aliphatic carbocycles. The van der Waals surface area contributed by atoms with E-state index in [1.165, 1.54) is 0 Å². The van der Waals surface area contributed by atoms with E-state index < -0.39 is 10.8 Å². The third-order valence-corrected chi connectivity index (χ3v) is 4.68. The fourth-order valence-electron chi connectivity index (χ4n) is 1.36. The van der Waals surface area contributed by atoms with E-state index in [0.717, 1.165) is 10.9 Å². The van der Waals surface area contributed by atoms with Gasteiger partial charge in [-0.05, 0) is 18.1 Å². The van der Waals surface area contributed by atoms with Gasteiger partial charge in [0, 0.05) is 26.6 Å². The molecule has 94 valence electrons. The van der Waals surface area contributed by atoms with E-state index in [0.29, 0.717) is 17.2 Å². The molecule has 0 saturated carbocycles. The molecule has 0 radical (unpaired) electrons. The second kappa shape index (κ2) is 7.07. The molecule has 0 aromatic heterocycles. The number of carbonyl (C=O) groups is 1. The smallest absolute Gasteiger partial charge is 0.175 e. The summed E-state index contributed by atoms with van der Waals surface area (Å²) in [5.41, 5.74) is 0.630. The molecule has 1 aromatic rings. The Bertz CT molecular complexity index is 400. The molecule has 0 aliphatic rings. The second-order valence-corrected chi connectivity index (χ2v) is 6.61. The lowest BCUT2D eigenvalue weighted by Crippen LogP contribution is -2.16. The average molecular weight is 317 g/mol. The van der Waals surface area contributed by atoms with Crippen LogP contribution in [0.25, 0.3) is 0 Å². The lowest BCUT2D eigenvalue weighted by atomic mass is 10.1. The zero-order valence-corrected chi connectivity index (χ0v) is 12.5. The van der Waals surface area contributed by atoms with E-state index in [2.05, 4.69) is 29.8 Å². The zero-order chi connectivity index (χ0) is 12.8. The maximum absolute atomic E-state index is 11.8. The highest BCUT2D eigenvalue weighted by molar-refractivity contribution is 9.10. The Labute approximate surface area is 113 Å². The molecular formula is C13H17BrO2S. The number of benzene rings is 1. The Morgan fingerprint density at radius 2 is 1.94 bits per heavy atom. The number of carbonyl (C=O) groups excluding carboxylic acids is 1. The van der Waals surface area contributed by atoms with E-state index in [4.69, 9.17) is 0 Å². The highest BCUT2D eigenvalue weighted by atomic mass is 79.9. The Morgan fingerprint density at radius 3 is 2.47 bits per heavy atom. The molecule has 0 heterocycles. The molecule has 0 N–H and O–H groups in total. The predicted molar refractivity (Wildman–Crippen MR) is 75.8 cm³/mol. The summed E-state index contributed by atoms with van der Waals surface area (Å²) in [6, 6.07) is 7.16. The van der Waals surface area contributed by atoms with Crippen molar-refractivity contribution in [3.63, 3.8) is 0 Å². The molecule has 1 rings (SSSR count).